The van der Waals surface area contributed by atoms with Crippen molar-refractivity contribution in [2.75, 3.05) is 13.2 Å². The van der Waals surface area contributed by atoms with Crippen LogP contribution >= 0.6 is 8.30 Å². The van der Waals surface area contributed by atoms with Gasteiger partial charge in [-0.25, -0.2) is 0 Å². The molecule has 24 heavy (non-hydrogen) atoms. The maximum Gasteiger partial charge on any atom is 0.117 e. The molecule has 0 spiro atoms. The van der Waals surface area contributed by atoms with E-state index in [1.807, 2.05) is 0 Å². The minimum Gasteiger partial charge on any atom is -0.339 e. The highest BCUT2D eigenvalue weighted by molar-refractivity contribution is 7.49. The highest BCUT2D eigenvalue weighted by Gasteiger charge is 2.47. The van der Waals surface area contributed by atoms with Gasteiger partial charge in [-0.05, 0) is 25.6 Å². The van der Waals surface area contributed by atoms with Gasteiger partial charge in [-0.15, -0.1) is 0 Å². The molecule has 0 aliphatic carbocycles. The molecule has 0 amide bonds. The first kappa shape index (κ1) is 16.5. The molecule has 2 nitrogen and oxygen atoms in total. The highest BCUT2D eigenvalue weighted by atomic mass is 31.2. The van der Waals surface area contributed by atoms with E-state index in [4.69, 9.17) is 4.52 Å². The van der Waals surface area contributed by atoms with Crippen LogP contribution in [0.15, 0.2) is 60.7 Å². The Kier molecular flexibility index (Phi) is 4.61. The van der Waals surface area contributed by atoms with E-state index < -0.39 is 8.07 Å². The van der Waals surface area contributed by atoms with E-state index in [9.17, 15) is 0 Å². The third kappa shape index (κ3) is 2.88. The molecular formula is C20H26NOPSi. The number of hydrogen-bond donors (Lipinski definition) is 0. The highest BCUT2D eigenvalue weighted by Crippen LogP contribution is 2.53. The summed E-state index contributed by atoms with van der Waals surface area (Å²) in [5.41, 5.74) is 0. The van der Waals surface area contributed by atoms with E-state index in [-0.39, 0.29) is 8.30 Å². The van der Waals surface area contributed by atoms with Gasteiger partial charge in [0, 0.05) is 12.6 Å². The molecule has 0 bridgehead atoms. The molecule has 0 aromatic heterocycles. The smallest absolute Gasteiger partial charge is 0.117 e. The lowest BCUT2D eigenvalue weighted by Crippen LogP contribution is -2.58. The monoisotopic (exact) mass is 355 g/mol. The van der Waals surface area contributed by atoms with Gasteiger partial charge in [0.2, 0.25) is 0 Å². The van der Waals surface area contributed by atoms with Crippen molar-refractivity contribution in [3.63, 3.8) is 0 Å². The molecular weight excluding hydrogens is 329 g/mol. The van der Waals surface area contributed by atoms with Gasteiger partial charge < -0.3 is 4.52 Å². The summed E-state index contributed by atoms with van der Waals surface area (Å²) in [6.07, 6.45) is 3.05. The summed E-state index contributed by atoms with van der Waals surface area (Å²) in [6, 6.07) is 24.2. The van der Waals surface area contributed by atoms with Gasteiger partial charge in [0.05, 0.1) is 6.10 Å². The first-order valence-electron chi connectivity index (χ1n) is 8.96. The fourth-order valence-corrected chi connectivity index (χ4v) is 10.2. The first-order valence-corrected chi connectivity index (χ1v) is 13.3. The number of rotatable bonds is 4. The Bertz CT molecular complexity index is 641. The SMILES string of the molecule is C[P@]1O[C@H](C[Si](C)(c2ccccc2)c2ccccc2)[C@@H]2CCCN21. The molecule has 0 unspecified atom stereocenters. The van der Waals surface area contributed by atoms with Crippen LogP contribution in [0.2, 0.25) is 12.6 Å². The van der Waals surface area contributed by atoms with Gasteiger partial charge in [0.1, 0.15) is 16.4 Å². The molecule has 2 aromatic carbocycles. The largest absolute Gasteiger partial charge is 0.339 e. The average molecular weight is 355 g/mol. The molecule has 126 valence electrons. The zero-order valence-electron chi connectivity index (χ0n) is 14.6. The minimum absolute atomic E-state index is 0.380. The summed E-state index contributed by atoms with van der Waals surface area (Å²) in [4.78, 5) is 0. The van der Waals surface area contributed by atoms with Crippen LogP contribution in [0.25, 0.3) is 0 Å². The van der Waals surface area contributed by atoms with Gasteiger partial charge in [-0.2, -0.15) is 0 Å². The van der Waals surface area contributed by atoms with Crippen LogP contribution in [0.4, 0.5) is 0 Å². The van der Waals surface area contributed by atoms with E-state index in [2.05, 4.69) is 78.5 Å². The van der Waals surface area contributed by atoms with Crippen LogP contribution in [0.1, 0.15) is 12.8 Å². The molecule has 4 heteroatoms. The van der Waals surface area contributed by atoms with Crippen LogP contribution in [0, 0.1) is 0 Å². The van der Waals surface area contributed by atoms with Crippen molar-refractivity contribution in [3.8, 4) is 0 Å². The normalized spacial score (nSPS) is 27.3. The van der Waals surface area contributed by atoms with Crippen molar-refractivity contribution in [2.24, 2.45) is 0 Å². The predicted molar refractivity (Wildman–Crippen MR) is 106 cm³/mol. The Hall–Kier alpha value is -0.993. The maximum absolute atomic E-state index is 6.49. The number of nitrogens with zero attached hydrogens (tertiary/aromatic N) is 1. The molecule has 2 aliphatic heterocycles. The topological polar surface area (TPSA) is 12.5 Å². The third-order valence-electron chi connectivity index (χ3n) is 5.78. The van der Waals surface area contributed by atoms with E-state index in [0.29, 0.717) is 12.1 Å². The Morgan fingerprint density at radius 2 is 1.62 bits per heavy atom. The summed E-state index contributed by atoms with van der Waals surface area (Å²) in [5.74, 6) is 0. The number of benzene rings is 2. The van der Waals surface area contributed by atoms with E-state index in [1.165, 1.54) is 35.8 Å². The second-order valence-corrected chi connectivity index (χ2v) is 13.1. The summed E-state index contributed by atoms with van der Waals surface area (Å²) in [7, 11) is -2.18. The molecule has 3 atom stereocenters. The Morgan fingerprint density at radius 3 is 2.21 bits per heavy atom. The van der Waals surface area contributed by atoms with Crippen molar-refractivity contribution >= 4 is 26.7 Å². The summed E-state index contributed by atoms with van der Waals surface area (Å²) in [6.45, 7) is 6.05. The zero-order chi connectivity index (χ0) is 16.6. The quantitative estimate of drug-likeness (QED) is 0.613. The molecule has 0 saturated carbocycles. The van der Waals surface area contributed by atoms with Crippen LogP contribution in [0.3, 0.4) is 0 Å². The van der Waals surface area contributed by atoms with Gasteiger partial charge in [0.25, 0.3) is 0 Å². The standard InChI is InChI=1S/C20H26NOPSi/c1-23-21-15-9-14-19(21)20(22-23)16-24(2,17-10-5-3-6-11-17)18-12-7-4-8-13-18/h3-8,10-13,19-20H,9,14-16H2,1-2H3/t19-,20+,23-/m0/s1. The van der Waals surface area contributed by atoms with Gasteiger partial charge in [-0.1, -0.05) is 77.6 Å². The van der Waals surface area contributed by atoms with Crippen molar-refractivity contribution in [1.29, 1.82) is 0 Å². The van der Waals surface area contributed by atoms with E-state index in [0.717, 1.165) is 0 Å². The van der Waals surface area contributed by atoms with Crippen molar-refractivity contribution in [2.45, 2.75) is 37.6 Å². The zero-order valence-corrected chi connectivity index (χ0v) is 16.5. The summed E-state index contributed by atoms with van der Waals surface area (Å²) >= 11 is 0. The molecule has 2 aromatic rings. The summed E-state index contributed by atoms with van der Waals surface area (Å²) < 4.78 is 9.14. The van der Waals surface area contributed by atoms with Gasteiger partial charge in [-0.3, -0.25) is 4.67 Å². The van der Waals surface area contributed by atoms with Crippen LogP contribution in [0.5, 0.6) is 0 Å². The third-order valence-corrected chi connectivity index (χ3v) is 12.0. The van der Waals surface area contributed by atoms with Crippen molar-refractivity contribution < 1.29 is 4.52 Å². The second-order valence-electron chi connectivity index (χ2n) is 7.25. The Morgan fingerprint density at radius 1 is 1.04 bits per heavy atom. The van der Waals surface area contributed by atoms with Gasteiger partial charge >= 0.3 is 0 Å². The number of fused-ring (bicyclic) bond motifs is 1. The molecule has 0 radical (unpaired) electrons. The van der Waals surface area contributed by atoms with E-state index >= 15 is 0 Å². The lowest BCUT2D eigenvalue weighted by atomic mass is 10.1. The van der Waals surface area contributed by atoms with E-state index in [1.54, 1.807) is 0 Å². The molecule has 2 heterocycles. The Labute approximate surface area is 147 Å². The maximum atomic E-state index is 6.49. The fraction of sp³-hybridized carbons (Fsp3) is 0.400. The number of hydrogen-bond acceptors (Lipinski definition) is 2. The van der Waals surface area contributed by atoms with Crippen LogP contribution < -0.4 is 10.4 Å². The fourth-order valence-electron chi connectivity index (χ4n) is 4.42. The van der Waals surface area contributed by atoms with Crippen LogP contribution in [-0.2, 0) is 4.52 Å². The molecule has 2 saturated heterocycles. The summed E-state index contributed by atoms with van der Waals surface area (Å²) in [5, 5.41) is 3.05. The lowest BCUT2D eigenvalue weighted by Gasteiger charge is -2.32. The molecule has 4 rings (SSSR count). The predicted octanol–water partition coefficient (Wildman–Crippen LogP) is 3.68. The average Bonchev–Trinajstić information content (AvgIpc) is 3.22. The lowest BCUT2D eigenvalue weighted by molar-refractivity contribution is 0.230. The molecule has 2 aliphatic rings. The molecule has 2 fully saturated rings. The minimum atomic E-state index is -1.80. The Balaban J connectivity index is 1.69. The molecule has 0 N–H and O–H groups in total. The van der Waals surface area contributed by atoms with Crippen molar-refractivity contribution in [3.05, 3.63) is 60.7 Å². The second kappa shape index (κ2) is 6.72. The van der Waals surface area contributed by atoms with Crippen molar-refractivity contribution in [1.82, 2.24) is 4.67 Å². The van der Waals surface area contributed by atoms with Gasteiger partial charge in [0.15, 0.2) is 0 Å². The first-order chi connectivity index (χ1) is 11.7. The van der Waals surface area contributed by atoms with Crippen LogP contribution in [-0.4, -0.2) is 38.1 Å².